The number of nitrogens with zero attached hydrogens (tertiary/aromatic N) is 1. The molecule has 0 radical (unpaired) electrons. The molecule has 1 amide bonds. The first-order chi connectivity index (χ1) is 11.5. The third-order valence-corrected chi connectivity index (χ3v) is 4.22. The molecule has 1 N–H and O–H groups in total. The second-order valence-electron chi connectivity index (χ2n) is 7.38. The van der Waals surface area contributed by atoms with E-state index in [4.69, 9.17) is 14.2 Å². The summed E-state index contributed by atoms with van der Waals surface area (Å²) in [6.07, 6.45) is 1.90. The van der Waals surface area contributed by atoms with Gasteiger partial charge in [0.1, 0.15) is 23.3 Å². The summed E-state index contributed by atoms with van der Waals surface area (Å²) in [5.41, 5.74) is -2.18. The minimum absolute atomic E-state index is 0.00707. The number of aliphatic hydroxyl groups is 1. The summed E-state index contributed by atoms with van der Waals surface area (Å²) < 4.78 is 15.3. The van der Waals surface area contributed by atoms with Gasteiger partial charge in [0.2, 0.25) is 0 Å². The molecule has 1 fully saturated rings. The first-order valence-corrected chi connectivity index (χ1v) is 8.15. The van der Waals surface area contributed by atoms with Gasteiger partial charge >= 0.3 is 18.0 Å². The number of carbonyl (C=O) groups is 3. The Labute approximate surface area is 146 Å². The van der Waals surface area contributed by atoms with Gasteiger partial charge in [-0.15, -0.1) is 0 Å². The predicted octanol–water partition coefficient (Wildman–Crippen LogP) is 1.16. The minimum atomic E-state index is -1.41. The summed E-state index contributed by atoms with van der Waals surface area (Å²) in [6.45, 7) is 6.42. The van der Waals surface area contributed by atoms with Crippen molar-refractivity contribution in [2.45, 2.75) is 69.9 Å². The van der Waals surface area contributed by atoms with E-state index in [0.29, 0.717) is 0 Å². The molecule has 0 aromatic carbocycles. The Kier molecular flexibility index (Phi) is 5.13. The van der Waals surface area contributed by atoms with E-state index in [-0.39, 0.29) is 12.8 Å². The molecule has 0 bridgehead atoms. The molecule has 0 saturated carbocycles. The summed E-state index contributed by atoms with van der Waals surface area (Å²) in [4.78, 5) is 37.2. The van der Waals surface area contributed by atoms with Crippen LogP contribution in [0.2, 0.25) is 0 Å². The van der Waals surface area contributed by atoms with Gasteiger partial charge in [-0.2, -0.15) is 0 Å². The number of rotatable bonds is 2. The Morgan fingerprint density at radius 2 is 1.92 bits per heavy atom. The maximum absolute atomic E-state index is 12.7. The summed E-state index contributed by atoms with van der Waals surface area (Å²) in [5.74, 6) is -1.10. The standard InChI is InChI=1S/C17H25NO7/c1-10(19)24-11-6-7-17(22)9-12(14(20)23-5)18(13(17)8-11)15(21)25-16(2,3)4/h6-7,11-13,22H,8-9H2,1-5H3/t11-,12+,13-,17+/m1/s1. The van der Waals surface area contributed by atoms with E-state index < -0.39 is 47.4 Å². The Morgan fingerprint density at radius 1 is 1.28 bits per heavy atom. The van der Waals surface area contributed by atoms with Crippen molar-refractivity contribution in [3.05, 3.63) is 12.2 Å². The molecule has 0 unspecified atom stereocenters. The lowest BCUT2D eigenvalue weighted by atomic mass is 9.84. The predicted molar refractivity (Wildman–Crippen MR) is 86.5 cm³/mol. The molecule has 4 atom stereocenters. The topological polar surface area (TPSA) is 102 Å². The molecule has 25 heavy (non-hydrogen) atoms. The third kappa shape index (κ3) is 4.12. The third-order valence-electron chi connectivity index (χ3n) is 4.22. The summed E-state index contributed by atoms with van der Waals surface area (Å²) in [6, 6.07) is -1.74. The molecule has 0 aromatic heterocycles. The van der Waals surface area contributed by atoms with Gasteiger partial charge in [-0.05, 0) is 26.8 Å². The molecule has 8 heteroatoms. The van der Waals surface area contributed by atoms with Gasteiger partial charge < -0.3 is 19.3 Å². The van der Waals surface area contributed by atoms with Crippen LogP contribution >= 0.6 is 0 Å². The molecule has 1 aliphatic carbocycles. The lowest BCUT2D eigenvalue weighted by molar-refractivity contribution is -0.148. The zero-order valence-electron chi connectivity index (χ0n) is 15.1. The van der Waals surface area contributed by atoms with Crippen LogP contribution in [0.25, 0.3) is 0 Å². The molecule has 1 aliphatic heterocycles. The van der Waals surface area contributed by atoms with E-state index in [2.05, 4.69) is 0 Å². The molecular weight excluding hydrogens is 330 g/mol. The Hall–Kier alpha value is -2.09. The maximum Gasteiger partial charge on any atom is 0.411 e. The van der Waals surface area contributed by atoms with E-state index >= 15 is 0 Å². The SMILES string of the molecule is COC(=O)[C@@H]1C[C@@]2(O)C=C[C@@H](OC(C)=O)C[C@H]2N1C(=O)OC(C)(C)C. The number of methoxy groups -OCH3 is 1. The van der Waals surface area contributed by atoms with Crippen molar-refractivity contribution in [3.63, 3.8) is 0 Å². The van der Waals surface area contributed by atoms with Crippen molar-refractivity contribution < 1.29 is 33.7 Å². The molecule has 8 nitrogen and oxygen atoms in total. The Bertz CT molecular complexity index is 594. The lowest BCUT2D eigenvalue weighted by Gasteiger charge is -2.37. The minimum Gasteiger partial charge on any atom is -0.467 e. The van der Waals surface area contributed by atoms with Crippen LogP contribution in [0.1, 0.15) is 40.5 Å². The van der Waals surface area contributed by atoms with Gasteiger partial charge in [0.05, 0.1) is 13.2 Å². The van der Waals surface area contributed by atoms with Crippen LogP contribution in [0, 0.1) is 0 Å². The van der Waals surface area contributed by atoms with Crippen molar-refractivity contribution in [2.24, 2.45) is 0 Å². The van der Waals surface area contributed by atoms with Gasteiger partial charge in [0, 0.05) is 19.8 Å². The molecular formula is C17H25NO7. The molecule has 2 aliphatic rings. The number of ether oxygens (including phenoxy) is 3. The number of likely N-dealkylation sites (tertiary alicyclic amines) is 1. The van der Waals surface area contributed by atoms with Gasteiger partial charge in [0.25, 0.3) is 0 Å². The highest BCUT2D eigenvalue weighted by Crippen LogP contribution is 2.41. The fourth-order valence-electron chi connectivity index (χ4n) is 3.27. The van der Waals surface area contributed by atoms with Crippen molar-refractivity contribution >= 4 is 18.0 Å². The lowest BCUT2D eigenvalue weighted by Crippen LogP contribution is -2.53. The average Bonchev–Trinajstić information content (AvgIpc) is 2.77. The van der Waals surface area contributed by atoms with Crippen LogP contribution in [0.4, 0.5) is 4.79 Å². The van der Waals surface area contributed by atoms with Crippen molar-refractivity contribution in [1.29, 1.82) is 0 Å². The van der Waals surface area contributed by atoms with Crippen LogP contribution in [-0.4, -0.2) is 64.5 Å². The molecule has 140 valence electrons. The second-order valence-corrected chi connectivity index (χ2v) is 7.38. The fourth-order valence-corrected chi connectivity index (χ4v) is 3.27. The largest absolute Gasteiger partial charge is 0.467 e. The fraction of sp³-hybridized carbons (Fsp3) is 0.706. The maximum atomic E-state index is 12.7. The average molecular weight is 355 g/mol. The zero-order valence-corrected chi connectivity index (χ0v) is 15.1. The number of amides is 1. The quantitative estimate of drug-likeness (QED) is 0.450. The molecule has 0 spiro atoms. The van der Waals surface area contributed by atoms with Crippen LogP contribution in [0.5, 0.6) is 0 Å². The number of fused-ring (bicyclic) bond motifs is 1. The van der Waals surface area contributed by atoms with Crippen LogP contribution < -0.4 is 0 Å². The smallest absolute Gasteiger partial charge is 0.411 e. The highest BCUT2D eigenvalue weighted by atomic mass is 16.6. The Morgan fingerprint density at radius 3 is 2.44 bits per heavy atom. The van der Waals surface area contributed by atoms with Gasteiger partial charge in [0.15, 0.2) is 0 Å². The number of esters is 2. The van der Waals surface area contributed by atoms with Crippen LogP contribution in [0.15, 0.2) is 12.2 Å². The van der Waals surface area contributed by atoms with Gasteiger partial charge in [-0.1, -0.05) is 6.08 Å². The van der Waals surface area contributed by atoms with E-state index in [1.807, 2.05) is 0 Å². The molecule has 2 rings (SSSR count). The van der Waals surface area contributed by atoms with Gasteiger partial charge in [-0.25, -0.2) is 9.59 Å². The monoisotopic (exact) mass is 355 g/mol. The van der Waals surface area contributed by atoms with Crippen LogP contribution in [0.3, 0.4) is 0 Å². The first kappa shape index (κ1) is 19.2. The number of hydrogen-bond donors (Lipinski definition) is 1. The second kappa shape index (κ2) is 6.67. The zero-order chi connectivity index (χ0) is 19.0. The summed E-state index contributed by atoms with van der Waals surface area (Å²) in [5, 5.41) is 10.9. The van der Waals surface area contributed by atoms with Crippen molar-refractivity contribution in [1.82, 2.24) is 4.90 Å². The normalized spacial score (nSPS) is 31.3. The molecule has 0 aromatic rings. The van der Waals surface area contributed by atoms with Crippen LogP contribution in [-0.2, 0) is 23.8 Å². The van der Waals surface area contributed by atoms with Crippen molar-refractivity contribution in [3.8, 4) is 0 Å². The number of hydrogen-bond acceptors (Lipinski definition) is 7. The van der Waals surface area contributed by atoms with Crippen molar-refractivity contribution in [2.75, 3.05) is 7.11 Å². The van der Waals surface area contributed by atoms with E-state index in [1.165, 1.54) is 25.0 Å². The van der Waals surface area contributed by atoms with E-state index in [0.717, 1.165) is 0 Å². The van der Waals surface area contributed by atoms with Gasteiger partial charge in [-0.3, -0.25) is 9.69 Å². The molecule has 1 heterocycles. The Balaban J connectivity index is 2.34. The summed E-state index contributed by atoms with van der Waals surface area (Å²) in [7, 11) is 1.22. The summed E-state index contributed by atoms with van der Waals surface area (Å²) >= 11 is 0. The van der Waals surface area contributed by atoms with E-state index in [9.17, 15) is 19.5 Å². The van der Waals surface area contributed by atoms with E-state index in [1.54, 1.807) is 26.8 Å². The highest BCUT2D eigenvalue weighted by Gasteiger charge is 2.57. The first-order valence-electron chi connectivity index (χ1n) is 8.15. The highest BCUT2D eigenvalue weighted by molar-refractivity contribution is 5.83. The number of carbonyl (C=O) groups excluding carboxylic acids is 3. The molecule has 1 saturated heterocycles.